The lowest BCUT2D eigenvalue weighted by Crippen LogP contribution is -2.58. The lowest BCUT2D eigenvalue weighted by atomic mass is 10.0. The highest BCUT2D eigenvalue weighted by molar-refractivity contribution is 5.94. The maximum Gasteiger partial charge on any atom is 0.322 e. The van der Waals surface area contributed by atoms with E-state index in [1.807, 2.05) is 5.32 Å². The van der Waals surface area contributed by atoms with Gasteiger partial charge in [0.15, 0.2) is 0 Å². The molecule has 0 fully saturated rings. The van der Waals surface area contributed by atoms with Crippen molar-refractivity contribution in [1.82, 2.24) is 16.0 Å². The SMILES string of the molecule is CC(O)C(NC(=O)C(CCC(=O)O)NC(=O)C(N)Cc1ccccc1)C(=O)NCC(=O)O. The predicted octanol–water partition coefficient (Wildman–Crippen LogP) is -2.03. The molecule has 12 heteroatoms. The largest absolute Gasteiger partial charge is 0.481 e. The van der Waals surface area contributed by atoms with Crippen LogP contribution in [0.25, 0.3) is 0 Å². The summed E-state index contributed by atoms with van der Waals surface area (Å²) >= 11 is 0. The molecule has 0 aromatic heterocycles. The van der Waals surface area contributed by atoms with Gasteiger partial charge in [0.05, 0.1) is 12.1 Å². The van der Waals surface area contributed by atoms with Gasteiger partial charge >= 0.3 is 11.9 Å². The van der Waals surface area contributed by atoms with Gasteiger partial charge in [-0.05, 0) is 25.3 Å². The highest BCUT2D eigenvalue weighted by atomic mass is 16.4. The van der Waals surface area contributed by atoms with Crippen molar-refractivity contribution in [1.29, 1.82) is 0 Å². The number of nitrogens with one attached hydrogen (secondary N) is 3. The summed E-state index contributed by atoms with van der Waals surface area (Å²) in [5.41, 5.74) is 6.68. The van der Waals surface area contributed by atoms with E-state index in [0.29, 0.717) is 0 Å². The first-order valence-corrected chi connectivity index (χ1v) is 9.80. The Balaban J connectivity index is 2.86. The van der Waals surface area contributed by atoms with Crippen LogP contribution in [-0.4, -0.2) is 75.8 Å². The molecule has 0 saturated heterocycles. The van der Waals surface area contributed by atoms with Gasteiger partial charge in [0.2, 0.25) is 17.7 Å². The molecule has 8 N–H and O–H groups in total. The van der Waals surface area contributed by atoms with Crippen molar-refractivity contribution >= 4 is 29.7 Å². The fraction of sp³-hybridized carbons (Fsp3) is 0.450. The number of carbonyl (C=O) groups excluding carboxylic acids is 3. The highest BCUT2D eigenvalue weighted by Gasteiger charge is 2.31. The Morgan fingerprint density at radius 1 is 0.938 bits per heavy atom. The summed E-state index contributed by atoms with van der Waals surface area (Å²) in [7, 11) is 0. The Labute approximate surface area is 184 Å². The van der Waals surface area contributed by atoms with Crippen LogP contribution in [0.3, 0.4) is 0 Å². The Kier molecular flexibility index (Phi) is 10.8. The van der Waals surface area contributed by atoms with Crippen molar-refractivity contribution in [2.24, 2.45) is 5.73 Å². The molecule has 1 aromatic carbocycles. The minimum absolute atomic E-state index is 0.174. The predicted molar refractivity (Wildman–Crippen MR) is 111 cm³/mol. The van der Waals surface area contributed by atoms with Gasteiger partial charge in [0.1, 0.15) is 18.6 Å². The molecular weight excluding hydrogens is 424 g/mol. The average molecular weight is 452 g/mol. The summed E-state index contributed by atoms with van der Waals surface area (Å²) in [5, 5.41) is 34.0. The van der Waals surface area contributed by atoms with Crippen LogP contribution in [-0.2, 0) is 30.4 Å². The number of aliphatic carboxylic acids is 2. The van der Waals surface area contributed by atoms with E-state index in [4.69, 9.17) is 15.9 Å². The zero-order chi connectivity index (χ0) is 24.3. The molecule has 32 heavy (non-hydrogen) atoms. The van der Waals surface area contributed by atoms with Gasteiger partial charge in [-0.25, -0.2) is 0 Å². The Morgan fingerprint density at radius 2 is 1.56 bits per heavy atom. The third-order valence-corrected chi connectivity index (χ3v) is 4.39. The van der Waals surface area contributed by atoms with E-state index in [0.717, 1.165) is 5.56 Å². The Morgan fingerprint density at radius 3 is 2.09 bits per heavy atom. The van der Waals surface area contributed by atoms with Crippen LogP contribution in [0.15, 0.2) is 30.3 Å². The van der Waals surface area contributed by atoms with Crippen molar-refractivity contribution < 1.29 is 39.3 Å². The van der Waals surface area contributed by atoms with Crippen LogP contribution >= 0.6 is 0 Å². The number of aliphatic hydroxyl groups excluding tert-OH is 1. The first kappa shape index (κ1) is 26.5. The summed E-state index contributed by atoms with van der Waals surface area (Å²) in [6.45, 7) is 0.470. The van der Waals surface area contributed by atoms with Crippen LogP contribution < -0.4 is 21.7 Å². The summed E-state index contributed by atoms with van der Waals surface area (Å²) in [6, 6.07) is 4.98. The molecule has 4 atom stereocenters. The minimum Gasteiger partial charge on any atom is -0.481 e. The molecule has 0 aliphatic rings. The number of aliphatic hydroxyl groups is 1. The number of nitrogens with two attached hydrogens (primary N) is 1. The maximum absolute atomic E-state index is 12.7. The molecule has 0 aliphatic heterocycles. The van der Waals surface area contributed by atoms with Crippen LogP contribution in [0.4, 0.5) is 0 Å². The second kappa shape index (κ2) is 13.0. The van der Waals surface area contributed by atoms with Crippen molar-refractivity contribution in [2.45, 2.75) is 50.4 Å². The number of hydrogen-bond donors (Lipinski definition) is 7. The molecule has 0 aliphatic carbocycles. The van der Waals surface area contributed by atoms with Crippen molar-refractivity contribution in [3.63, 3.8) is 0 Å². The van der Waals surface area contributed by atoms with Crippen LogP contribution in [0.2, 0.25) is 0 Å². The number of carbonyl (C=O) groups is 5. The molecule has 176 valence electrons. The first-order valence-electron chi connectivity index (χ1n) is 9.80. The van der Waals surface area contributed by atoms with Crippen molar-refractivity contribution in [3.8, 4) is 0 Å². The van der Waals surface area contributed by atoms with E-state index in [9.17, 15) is 29.1 Å². The monoisotopic (exact) mass is 452 g/mol. The summed E-state index contributed by atoms with van der Waals surface area (Å²) in [4.78, 5) is 58.8. The summed E-state index contributed by atoms with van der Waals surface area (Å²) < 4.78 is 0. The zero-order valence-corrected chi connectivity index (χ0v) is 17.5. The van der Waals surface area contributed by atoms with Crippen LogP contribution in [0.1, 0.15) is 25.3 Å². The highest BCUT2D eigenvalue weighted by Crippen LogP contribution is 2.05. The Bertz CT molecular complexity index is 815. The van der Waals surface area contributed by atoms with E-state index in [-0.39, 0.29) is 12.8 Å². The molecule has 12 nitrogen and oxygen atoms in total. The standard InChI is InChI=1S/C20H28N4O8/c1-11(25)17(20(32)22-10-16(28)29)24-19(31)14(7-8-15(26)27)23-18(30)13(21)9-12-5-3-2-4-6-12/h2-6,11,13-14,17,25H,7-10,21H2,1H3,(H,22,32)(H,23,30)(H,24,31)(H,26,27)(H,28,29). The molecule has 0 bridgehead atoms. The first-order chi connectivity index (χ1) is 15.0. The average Bonchev–Trinajstić information content (AvgIpc) is 2.73. The molecular formula is C20H28N4O8. The normalized spacial score (nSPS) is 14.3. The third kappa shape index (κ3) is 9.53. The van der Waals surface area contributed by atoms with Crippen molar-refractivity contribution in [3.05, 3.63) is 35.9 Å². The number of rotatable bonds is 13. The molecule has 4 unspecified atom stereocenters. The number of amides is 3. The van der Waals surface area contributed by atoms with E-state index in [1.165, 1.54) is 6.92 Å². The second-order valence-corrected chi connectivity index (χ2v) is 7.13. The van der Waals surface area contributed by atoms with Gasteiger partial charge in [0.25, 0.3) is 0 Å². The molecule has 3 amide bonds. The summed E-state index contributed by atoms with van der Waals surface area (Å²) in [5.74, 6) is -5.13. The van der Waals surface area contributed by atoms with Gasteiger partial charge < -0.3 is 37.0 Å². The van der Waals surface area contributed by atoms with E-state index in [1.54, 1.807) is 30.3 Å². The molecule has 0 heterocycles. The van der Waals surface area contributed by atoms with Gasteiger partial charge in [-0.3, -0.25) is 24.0 Å². The topological polar surface area (TPSA) is 208 Å². The number of hydrogen-bond acceptors (Lipinski definition) is 7. The van der Waals surface area contributed by atoms with Gasteiger partial charge in [-0.15, -0.1) is 0 Å². The quantitative estimate of drug-likeness (QED) is 0.176. The summed E-state index contributed by atoms with van der Waals surface area (Å²) in [6.07, 6.45) is -1.98. The smallest absolute Gasteiger partial charge is 0.322 e. The van der Waals surface area contributed by atoms with E-state index in [2.05, 4.69) is 10.6 Å². The zero-order valence-electron chi connectivity index (χ0n) is 17.5. The molecule has 0 radical (unpaired) electrons. The molecule has 1 rings (SSSR count). The molecule has 0 spiro atoms. The number of carboxylic acids is 2. The fourth-order valence-corrected chi connectivity index (χ4v) is 2.71. The minimum atomic E-state index is -1.52. The van der Waals surface area contributed by atoms with E-state index >= 15 is 0 Å². The molecule has 1 aromatic rings. The number of carboxylic acid groups (broad SMARTS) is 2. The van der Waals surface area contributed by atoms with Crippen molar-refractivity contribution in [2.75, 3.05) is 6.54 Å². The fourth-order valence-electron chi connectivity index (χ4n) is 2.71. The molecule has 0 saturated carbocycles. The lowest BCUT2D eigenvalue weighted by Gasteiger charge is -2.25. The van der Waals surface area contributed by atoms with Gasteiger partial charge in [0, 0.05) is 6.42 Å². The second-order valence-electron chi connectivity index (χ2n) is 7.13. The number of benzene rings is 1. The van der Waals surface area contributed by atoms with Crippen LogP contribution in [0.5, 0.6) is 0 Å². The van der Waals surface area contributed by atoms with Gasteiger partial charge in [-0.1, -0.05) is 30.3 Å². The van der Waals surface area contributed by atoms with E-state index < -0.39 is 66.9 Å². The lowest BCUT2D eigenvalue weighted by molar-refractivity contribution is -0.139. The van der Waals surface area contributed by atoms with Crippen LogP contribution in [0, 0.1) is 0 Å². The van der Waals surface area contributed by atoms with Gasteiger partial charge in [-0.2, -0.15) is 0 Å². The third-order valence-electron chi connectivity index (χ3n) is 4.39. The Hall–Kier alpha value is -3.51. The maximum atomic E-state index is 12.7.